The maximum atomic E-state index is 5.70. The van der Waals surface area contributed by atoms with Gasteiger partial charge in [0, 0.05) is 38.2 Å². The molecule has 0 saturated heterocycles. The number of guanidine groups is 1. The highest BCUT2D eigenvalue weighted by Gasteiger charge is 2.23. The first kappa shape index (κ1) is 22.5. The van der Waals surface area contributed by atoms with Gasteiger partial charge in [0.2, 0.25) is 0 Å². The molecule has 1 aromatic carbocycles. The Hall–Kier alpha value is -2.22. The maximum absolute atomic E-state index is 5.70. The van der Waals surface area contributed by atoms with Crippen LogP contribution in [-0.2, 0) is 13.0 Å². The number of nitrogens with zero attached hydrogens (tertiary/aromatic N) is 4. The lowest BCUT2D eigenvalue weighted by molar-refractivity contribution is 0.336. The molecular weight excluding hydrogens is 396 g/mol. The Balaban J connectivity index is 1.47. The van der Waals surface area contributed by atoms with Crippen LogP contribution in [0.15, 0.2) is 34.4 Å². The van der Waals surface area contributed by atoms with Gasteiger partial charge in [0.05, 0.1) is 6.61 Å². The van der Waals surface area contributed by atoms with Crippen molar-refractivity contribution >= 4 is 17.7 Å². The van der Waals surface area contributed by atoms with E-state index in [9.17, 15) is 0 Å². The van der Waals surface area contributed by atoms with Crippen LogP contribution in [0.3, 0.4) is 0 Å². The fraction of sp³-hybridized carbons (Fsp3) is 0.591. The predicted octanol–water partition coefficient (Wildman–Crippen LogP) is 3.81. The molecule has 1 aliphatic carbocycles. The van der Waals surface area contributed by atoms with Crippen molar-refractivity contribution in [1.29, 1.82) is 0 Å². The van der Waals surface area contributed by atoms with E-state index < -0.39 is 0 Å². The second-order valence-corrected chi connectivity index (χ2v) is 8.18. The van der Waals surface area contributed by atoms with Gasteiger partial charge < -0.3 is 19.9 Å². The highest BCUT2D eigenvalue weighted by Crippen LogP contribution is 2.33. The van der Waals surface area contributed by atoms with E-state index in [1.807, 2.05) is 25.1 Å². The fourth-order valence-corrected chi connectivity index (χ4v) is 4.52. The van der Waals surface area contributed by atoms with Crippen LogP contribution in [0.2, 0.25) is 0 Å². The molecule has 3 rings (SSSR count). The SMILES string of the molecule is CCOc1ccccc1CNC(=NC)NCCCc1nnc(SC)n1C1CCCC1. The molecule has 0 bridgehead atoms. The van der Waals surface area contributed by atoms with Gasteiger partial charge in [-0.05, 0) is 38.5 Å². The third kappa shape index (κ3) is 5.90. The first-order valence-electron chi connectivity index (χ1n) is 10.9. The number of aryl methyl sites for hydroxylation is 1. The van der Waals surface area contributed by atoms with Gasteiger partial charge in [0.15, 0.2) is 11.1 Å². The van der Waals surface area contributed by atoms with Crippen molar-refractivity contribution in [3.63, 3.8) is 0 Å². The van der Waals surface area contributed by atoms with Crippen LogP contribution in [0.5, 0.6) is 5.75 Å². The number of hydrogen-bond acceptors (Lipinski definition) is 5. The summed E-state index contributed by atoms with van der Waals surface area (Å²) >= 11 is 1.69. The van der Waals surface area contributed by atoms with Gasteiger partial charge in [-0.2, -0.15) is 0 Å². The average molecular weight is 431 g/mol. The van der Waals surface area contributed by atoms with Crippen molar-refractivity contribution < 1.29 is 4.74 Å². The van der Waals surface area contributed by atoms with E-state index in [2.05, 4.69) is 42.7 Å². The van der Waals surface area contributed by atoms with Crippen LogP contribution in [0.1, 0.15) is 56.5 Å². The lowest BCUT2D eigenvalue weighted by Gasteiger charge is -2.17. The van der Waals surface area contributed by atoms with Gasteiger partial charge in [-0.15, -0.1) is 10.2 Å². The van der Waals surface area contributed by atoms with Crippen molar-refractivity contribution in [1.82, 2.24) is 25.4 Å². The van der Waals surface area contributed by atoms with Crippen molar-refractivity contribution in [2.45, 2.75) is 63.2 Å². The van der Waals surface area contributed by atoms with Crippen LogP contribution in [0.4, 0.5) is 0 Å². The number of thioether (sulfide) groups is 1. The third-order valence-corrected chi connectivity index (χ3v) is 6.06. The summed E-state index contributed by atoms with van der Waals surface area (Å²) in [4.78, 5) is 4.34. The number of rotatable bonds is 10. The van der Waals surface area contributed by atoms with E-state index in [1.54, 1.807) is 18.8 Å². The molecule has 2 N–H and O–H groups in total. The van der Waals surface area contributed by atoms with Crippen molar-refractivity contribution in [2.75, 3.05) is 26.5 Å². The zero-order chi connectivity index (χ0) is 21.2. The summed E-state index contributed by atoms with van der Waals surface area (Å²) < 4.78 is 8.08. The van der Waals surface area contributed by atoms with Gasteiger partial charge in [-0.25, -0.2) is 0 Å². The van der Waals surface area contributed by atoms with Crippen molar-refractivity contribution in [3.05, 3.63) is 35.7 Å². The molecule has 1 fully saturated rings. The Morgan fingerprint density at radius 2 is 2.03 bits per heavy atom. The summed E-state index contributed by atoms with van der Waals surface area (Å²) in [5.74, 6) is 2.82. The zero-order valence-electron chi connectivity index (χ0n) is 18.4. The standard InChI is InChI=1S/C22H34N6OS/c1-4-29-19-13-8-5-10-17(19)16-25-21(23-2)24-15-9-14-20-26-27-22(30-3)28(20)18-11-6-7-12-18/h5,8,10,13,18H,4,6-7,9,11-12,14-16H2,1-3H3,(H2,23,24,25). The summed E-state index contributed by atoms with van der Waals surface area (Å²) in [6.07, 6.45) is 9.10. The number of aliphatic imine (C=N–C) groups is 1. The molecule has 1 heterocycles. The number of hydrogen-bond donors (Lipinski definition) is 2. The fourth-order valence-electron chi connectivity index (χ4n) is 3.95. The second kappa shape index (κ2) is 11.8. The molecule has 0 atom stereocenters. The summed E-state index contributed by atoms with van der Waals surface area (Å²) in [5, 5.41) is 16.7. The van der Waals surface area contributed by atoms with E-state index in [-0.39, 0.29) is 0 Å². The van der Waals surface area contributed by atoms with Gasteiger partial charge in [0.1, 0.15) is 11.6 Å². The van der Waals surface area contributed by atoms with Crippen LogP contribution in [0, 0.1) is 0 Å². The Bertz CT molecular complexity index is 816. The number of para-hydroxylation sites is 1. The third-order valence-electron chi connectivity index (χ3n) is 5.42. The zero-order valence-corrected chi connectivity index (χ0v) is 19.2. The molecule has 8 heteroatoms. The highest BCUT2D eigenvalue weighted by molar-refractivity contribution is 7.98. The Labute approximate surface area is 184 Å². The summed E-state index contributed by atoms with van der Waals surface area (Å²) in [6.45, 7) is 4.16. The van der Waals surface area contributed by atoms with E-state index in [4.69, 9.17) is 4.74 Å². The van der Waals surface area contributed by atoms with Crippen LogP contribution >= 0.6 is 11.8 Å². The maximum Gasteiger partial charge on any atom is 0.191 e. The normalized spacial score (nSPS) is 14.8. The largest absolute Gasteiger partial charge is 0.494 e. The topological polar surface area (TPSA) is 76.4 Å². The minimum absolute atomic E-state index is 0.574. The number of nitrogens with one attached hydrogen (secondary N) is 2. The molecule has 0 unspecified atom stereocenters. The number of aromatic nitrogens is 3. The summed E-state index contributed by atoms with van der Waals surface area (Å²) in [5.41, 5.74) is 1.12. The lowest BCUT2D eigenvalue weighted by Crippen LogP contribution is -2.37. The highest BCUT2D eigenvalue weighted by atomic mass is 32.2. The van der Waals surface area contributed by atoms with Crippen molar-refractivity contribution in [3.8, 4) is 5.75 Å². The summed E-state index contributed by atoms with van der Waals surface area (Å²) in [7, 11) is 1.80. The molecule has 2 aromatic rings. The number of ether oxygens (including phenoxy) is 1. The van der Waals surface area contributed by atoms with E-state index in [0.29, 0.717) is 19.2 Å². The Kier molecular flexibility index (Phi) is 8.86. The van der Waals surface area contributed by atoms with Gasteiger partial charge in [0.25, 0.3) is 0 Å². The molecule has 0 aliphatic heterocycles. The molecule has 1 aromatic heterocycles. The van der Waals surface area contributed by atoms with Crippen LogP contribution in [0.25, 0.3) is 0 Å². The quantitative estimate of drug-likeness (QED) is 0.258. The lowest BCUT2D eigenvalue weighted by atomic mass is 10.2. The molecule has 0 radical (unpaired) electrons. The smallest absolute Gasteiger partial charge is 0.191 e. The predicted molar refractivity (Wildman–Crippen MR) is 123 cm³/mol. The van der Waals surface area contributed by atoms with Gasteiger partial charge in [-0.1, -0.05) is 42.8 Å². The Morgan fingerprint density at radius 3 is 2.77 bits per heavy atom. The molecule has 7 nitrogen and oxygen atoms in total. The summed E-state index contributed by atoms with van der Waals surface area (Å²) in [6, 6.07) is 8.67. The molecule has 164 valence electrons. The minimum Gasteiger partial charge on any atom is -0.494 e. The average Bonchev–Trinajstić information content (AvgIpc) is 3.43. The molecule has 1 aliphatic rings. The molecular formula is C22H34N6OS. The van der Waals surface area contributed by atoms with E-state index >= 15 is 0 Å². The van der Waals surface area contributed by atoms with Gasteiger partial charge >= 0.3 is 0 Å². The van der Waals surface area contributed by atoms with Crippen LogP contribution in [-0.4, -0.2) is 47.2 Å². The van der Waals surface area contributed by atoms with Crippen molar-refractivity contribution in [2.24, 2.45) is 4.99 Å². The Morgan fingerprint density at radius 1 is 1.23 bits per heavy atom. The molecule has 0 amide bonds. The van der Waals surface area contributed by atoms with E-state index in [0.717, 1.165) is 47.6 Å². The molecule has 1 saturated carbocycles. The first-order chi connectivity index (χ1) is 14.8. The van der Waals surface area contributed by atoms with E-state index in [1.165, 1.54) is 25.7 Å². The minimum atomic E-state index is 0.574. The first-order valence-corrected chi connectivity index (χ1v) is 12.1. The molecule has 0 spiro atoms. The van der Waals surface area contributed by atoms with Gasteiger partial charge in [-0.3, -0.25) is 4.99 Å². The number of benzene rings is 1. The molecule has 30 heavy (non-hydrogen) atoms. The monoisotopic (exact) mass is 430 g/mol. The van der Waals surface area contributed by atoms with Crippen LogP contribution < -0.4 is 15.4 Å². The second-order valence-electron chi connectivity index (χ2n) is 7.41.